The minimum atomic E-state index is 0.165. The highest BCUT2D eigenvalue weighted by Crippen LogP contribution is 2.14. The van der Waals surface area contributed by atoms with E-state index in [2.05, 4.69) is 23.6 Å². The number of ether oxygens (including phenoxy) is 1. The molecule has 2 fully saturated rings. The third-order valence-corrected chi connectivity index (χ3v) is 3.85. The Morgan fingerprint density at radius 1 is 1.22 bits per heavy atom. The number of nitrogens with zero attached hydrogens (tertiary/aromatic N) is 2. The molecule has 2 rings (SSSR count). The number of Topliss-reactive ketones (excluding diaryl/α,β-unsaturated/α-hetero) is 1. The lowest BCUT2D eigenvalue weighted by molar-refractivity contribution is -0.124. The average Bonchev–Trinajstić information content (AvgIpc) is 2.84. The van der Waals surface area contributed by atoms with Crippen LogP contribution in [0.25, 0.3) is 0 Å². The fourth-order valence-electron chi connectivity index (χ4n) is 2.78. The quantitative estimate of drug-likeness (QED) is 0.729. The number of piperazine rings is 1. The second kappa shape index (κ2) is 6.64. The Labute approximate surface area is 110 Å². The minimum absolute atomic E-state index is 0.165. The summed E-state index contributed by atoms with van der Waals surface area (Å²) in [6.07, 6.45) is 0.923. The van der Waals surface area contributed by atoms with Crippen molar-refractivity contribution in [1.82, 2.24) is 9.80 Å². The molecule has 104 valence electrons. The predicted octanol–water partition coefficient (Wildman–Crippen LogP) is 0.866. The number of hydrogen-bond donors (Lipinski definition) is 0. The van der Waals surface area contributed by atoms with Crippen LogP contribution in [0.5, 0.6) is 0 Å². The SMILES string of the molecule is CC(C)CN1CCN(CC(=O)C2CCOC2)CC1. The van der Waals surface area contributed by atoms with Crippen molar-refractivity contribution in [2.75, 3.05) is 52.5 Å². The number of rotatable bonds is 5. The normalized spacial score (nSPS) is 26.9. The largest absolute Gasteiger partial charge is 0.381 e. The first-order valence-electron chi connectivity index (χ1n) is 7.20. The lowest BCUT2D eigenvalue weighted by Gasteiger charge is -2.35. The lowest BCUT2D eigenvalue weighted by Crippen LogP contribution is -2.49. The number of hydrogen-bond acceptors (Lipinski definition) is 4. The zero-order valence-corrected chi connectivity index (χ0v) is 11.7. The van der Waals surface area contributed by atoms with Gasteiger partial charge in [0.25, 0.3) is 0 Å². The molecule has 0 aromatic rings. The summed E-state index contributed by atoms with van der Waals surface area (Å²) >= 11 is 0. The summed E-state index contributed by atoms with van der Waals surface area (Å²) in [6, 6.07) is 0. The molecule has 0 saturated carbocycles. The van der Waals surface area contributed by atoms with Crippen molar-refractivity contribution in [1.29, 1.82) is 0 Å². The van der Waals surface area contributed by atoms with Crippen molar-refractivity contribution >= 4 is 5.78 Å². The summed E-state index contributed by atoms with van der Waals surface area (Å²) in [5.41, 5.74) is 0. The maximum Gasteiger partial charge on any atom is 0.152 e. The van der Waals surface area contributed by atoms with Gasteiger partial charge in [-0.05, 0) is 12.3 Å². The molecule has 0 amide bonds. The standard InChI is InChI=1S/C14H26N2O2/c1-12(2)9-15-4-6-16(7-5-15)10-14(17)13-3-8-18-11-13/h12-13H,3-11H2,1-2H3. The average molecular weight is 254 g/mol. The van der Waals surface area contributed by atoms with E-state index in [0.29, 0.717) is 18.9 Å². The zero-order valence-electron chi connectivity index (χ0n) is 11.7. The fourth-order valence-corrected chi connectivity index (χ4v) is 2.78. The lowest BCUT2D eigenvalue weighted by atomic mass is 10.0. The van der Waals surface area contributed by atoms with Gasteiger partial charge in [0.2, 0.25) is 0 Å². The van der Waals surface area contributed by atoms with Gasteiger partial charge in [-0.1, -0.05) is 13.8 Å². The molecule has 1 atom stereocenters. The molecule has 0 bridgehead atoms. The number of ketones is 1. The Bertz CT molecular complexity index is 267. The van der Waals surface area contributed by atoms with Gasteiger partial charge in [0, 0.05) is 45.2 Å². The van der Waals surface area contributed by atoms with E-state index in [1.807, 2.05) is 0 Å². The van der Waals surface area contributed by atoms with Gasteiger partial charge in [0.05, 0.1) is 13.2 Å². The van der Waals surface area contributed by atoms with Gasteiger partial charge in [-0.2, -0.15) is 0 Å². The van der Waals surface area contributed by atoms with Crippen LogP contribution in [0.4, 0.5) is 0 Å². The monoisotopic (exact) mass is 254 g/mol. The van der Waals surface area contributed by atoms with Crippen LogP contribution in [0.2, 0.25) is 0 Å². The van der Waals surface area contributed by atoms with E-state index in [4.69, 9.17) is 4.74 Å². The molecule has 0 aromatic heterocycles. The van der Waals surface area contributed by atoms with Crippen molar-refractivity contribution in [3.8, 4) is 0 Å². The molecule has 4 nitrogen and oxygen atoms in total. The van der Waals surface area contributed by atoms with Crippen LogP contribution in [-0.2, 0) is 9.53 Å². The Morgan fingerprint density at radius 2 is 1.89 bits per heavy atom. The van der Waals surface area contributed by atoms with Crippen LogP contribution in [0, 0.1) is 11.8 Å². The maximum atomic E-state index is 12.0. The van der Waals surface area contributed by atoms with Crippen LogP contribution in [0.3, 0.4) is 0 Å². The second-order valence-electron chi connectivity index (χ2n) is 6.00. The Kier molecular flexibility index (Phi) is 5.15. The van der Waals surface area contributed by atoms with Gasteiger partial charge < -0.3 is 9.64 Å². The Morgan fingerprint density at radius 3 is 2.44 bits per heavy atom. The summed E-state index contributed by atoms with van der Waals surface area (Å²) in [4.78, 5) is 16.8. The number of carbonyl (C=O) groups is 1. The molecule has 0 aromatic carbocycles. The summed E-state index contributed by atoms with van der Waals surface area (Å²) < 4.78 is 5.28. The molecule has 2 saturated heterocycles. The van der Waals surface area contributed by atoms with E-state index in [1.165, 1.54) is 6.54 Å². The van der Waals surface area contributed by atoms with Gasteiger partial charge in [-0.15, -0.1) is 0 Å². The molecule has 2 aliphatic rings. The van der Waals surface area contributed by atoms with Crippen molar-refractivity contribution in [2.24, 2.45) is 11.8 Å². The molecule has 0 N–H and O–H groups in total. The van der Waals surface area contributed by atoms with Crippen molar-refractivity contribution in [3.63, 3.8) is 0 Å². The van der Waals surface area contributed by atoms with E-state index >= 15 is 0 Å². The van der Waals surface area contributed by atoms with E-state index in [9.17, 15) is 4.79 Å². The summed E-state index contributed by atoms with van der Waals surface area (Å²) in [5, 5.41) is 0. The molecular formula is C14H26N2O2. The molecule has 1 unspecified atom stereocenters. The molecule has 2 aliphatic heterocycles. The number of carbonyl (C=O) groups excluding carboxylic acids is 1. The first kappa shape index (κ1) is 14.0. The van der Waals surface area contributed by atoms with Crippen molar-refractivity contribution in [2.45, 2.75) is 20.3 Å². The Hall–Kier alpha value is -0.450. The first-order valence-corrected chi connectivity index (χ1v) is 7.20. The van der Waals surface area contributed by atoms with Gasteiger partial charge in [0.15, 0.2) is 5.78 Å². The highest BCUT2D eigenvalue weighted by molar-refractivity contribution is 5.83. The molecule has 18 heavy (non-hydrogen) atoms. The van der Waals surface area contributed by atoms with E-state index in [-0.39, 0.29) is 5.92 Å². The van der Waals surface area contributed by atoms with Crippen LogP contribution in [0.15, 0.2) is 0 Å². The van der Waals surface area contributed by atoms with Gasteiger partial charge in [-0.25, -0.2) is 0 Å². The maximum absolute atomic E-state index is 12.0. The highest BCUT2D eigenvalue weighted by Gasteiger charge is 2.26. The summed E-state index contributed by atoms with van der Waals surface area (Å²) in [5.74, 6) is 1.28. The van der Waals surface area contributed by atoms with Gasteiger partial charge in [0.1, 0.15) is 0 Å². The van der Waals surface area contributed by atoms with E-state index in [0.717, 1.165) is 45.1 Å². The van der Waals surface area contributed by atoms with Crippen molar-refractivity contribution in [3.05, 3.63) is 0 Å². The summed E-state index contributed by atoms with van der Waals surface area (Å²) in [6.45, 7) is 12.0. The molecule has 2 heterocycles. The van der Waals surface area contributed by atoms with Crippen LogP contribution in [-0.4, -0.2) is 68.1 Å². The third kappa shape index (κ3) is 4.04. The first-order chi connectivity index (χ1) is 8.65. The molecule has 0 spiro atoms. The second-order valence-corrected chi connectivity index (χ2v) is 6.00. The predicted molar refractivity (Wildman–Crippen MR) is 71.7 cm³/mol. The van der Waals surface area contributed by atoms with E-state index in [1.54, 1.807) is 0 Å². The molecule has 0 aliphatic carbocycles. The van der Waals surface area contributed by atoms with Crippen molar-refractivity contribution < 1.29 is 9.53 Å². The fraction of sp³-hybridized carbons (Fsp3) is 0.929. The minimum Gasteiger partial charge on any atom is -0.381 e. The van der Waals surface area contributed by atoms with E-state index < -0.39 is 0 Å². The molecule has 4 heteroatoms. The molecule has 0 radical (unpaired) electrons. The van der Waals surface area contributed by atoms with Gasteiger partial charge >= 0.3 is 0 Å². The van der Waals surface area contributed by atoms with Gasteiger partial charge in [-0.3, -0.25) is 9.69 Å². The highest BCUT2D eigenvalue weighted by atomic mass is 16.5. The zero-order chi connectivity index (χ0) is 13.0. The summed E-state index contributed by atoms with van der Waals surface area (Å²) in [7, 11) is 0. The Balaban J connectivity index is 1.68. The third-order valence-electron chi connectivity index (χ3n) is 3.85. The van der Waals surface area contributed by atoms with Crippen LogP contribution >= 0.6 is 0 Å². The van der Waals surface area contributed by atoms with Crippen LogP contribution in [0.1, 0.15) is 20.3 Å². The van der Waals surface area contributed by atoms with Crippen LogP contribution < -0.4 is 0 Å². The molecular weight excluding hydrogens is 228 g/mol. The smallest absolute Gasteiger partial charge is 0.152 e. The topological polar surface area (TPSA) is 32.8 Å².